The Labute approximate surface area is 131 Å². The van der Waals surface area contributed by atoms with E-state index in [1.54, 1.807) is 30.2 Å². The lowest BCUT2D eigenvalue weighted by molar-refractivity contribution is 0.404. The minimum atomic E-state index is 0.0579. The van der Waals surface area contributed by atoms with Gasteiger partial charge in [-0.15, -0.1) is 33.3 Å². The topological polar surface area (TPSA) is 48.2 Å². The van der Waals surface area contributed by atoms with Crippen molar-refractivity contribution in [2.45, 2.75) is 17.1 Å². The number of hydrogen-bond donors (Lipinski definition) is 0. The van der Waals surface area contributed by atoms with Gasteiger partial charge in [0.15, 0.2) is 0 Å². The molecule has 6 heteroatoms. The van der Waals surface area contributed by atoms with E-state index >= 15 is 0 Å². The Bertz CT molecular complexity index is 710. The molecule has 21 heavy (non-hydrogen) atoms. The molecule has 1 atom stereocenters. The van der Waals surface area contributed by atoms with Gasteiger partial charge in [0.1, 0.15) is 5.75 Å². The maximum atomic E-state index is 5.76. The van der Waals surface area contributed by atoms with E-state index in [1.165, 1.54) is 0 Å². The number of thiophene rings is 1. The van der Waals surface area contributed by atoms with Gasteiger partial charge in [-0.1, -0.05) is 18.2 Å². The number of thioether (sulfide) groups is 1. The van der Waals surface area contributed by atoms with Crippen LogP contribution in [-0.2, 0) is 0 Å². The average molecular weight is 318 g/mol. The van der Waals surface area contributed by atoms with Crippen molar-refractivity contribution >= 4 is 23.1 Å². The zero-order valence-electron chi connectivity index (χ0n) is 11.6. The van der Waals surface area contributed by atoms with Crippen molar-refractivity contribution in [1.82, 2.24) is 10.2 Å². The number of benzene rings is 1. The largest absolute Gasteiger partial charge is 0.496 e. The highest BCUT2D eigenvalue weighted by Crippen LogP contribution is 2.39. The summed E-state index contributed by atoms with van der Waals surface area (Å²) in [6, 6.07) is 11.9. The molecule has 0 bridgehead atoms. The number of hydrogen-bond acceptors (Lipinski definition) is 6. The zero-order valence-corrected chi connectivity index (χ0v) is 13.3. The van der Waals surface area contributed by atoms with Gasteiger partial charge in [-0.2, -0.15) is 0 Å². The van der Waals surface area contributed by atoms with E-state index in [0.717, 1.165) is 15.5 Å². The normalized spacial score (nSPS) is 12.3. The average Bonchev–Trinajstić information content (AvgIpc) is 3.18. The second-order valence-corrected chi connectivity index (χ2v) is 6.66. The highest BCUT2D eigenvalue weighted by Gasteiger charge is 2.18. The number of ether oxygens (including phenoxy) is 1. The molecule has 0 N–H and O–H groups in total. The Hall–Kier alpha value is -1.79. The number of rotatable bonds is 5. The first-order valence-corrected chi connectivity index (χ1v) is 8.21. The molecule has 2 aromatic heterocycles. The van der Waals surface area contributed by atoms with Crippen LogP contribution in [-0.4, -0.2) is 17.3 Å². The van der Waals surface area contributed by atoms with Crippen molar-refractivity contribution in [3.63, 3.8) is 0 Å². The van der Waals surface area contributed by atoms with Crippen LogP contribution in [0, 0.1) is 0 Å². The van der Waals surface area contributed by atoms with Crippen molar-refractivity contribution < 1.29 is 9.15 Å². The van der Waals surface area contributed by atoms with Gasteiger partial charge in [-0.3, -0.25) is 0 Å². The van der Waals surface area contributed by atoms with Gasteiger partial charge in [-0.05, 0) is 30.5 Å². The molecule has 108 valence electrons. The molecule has 3 rings (SSSR count). The van der Waals surface area contributed by atoms with Crippen LogP contribution in [0.4, 0.5) is 0 Å². The summed E-state index contributed by atoms with van der Waals surface area (Å²) in [5.74, 6) is 2.05. The summed E-state index contributed by atoms with van der Waals surface area (Å²) in [5.41, 5.74) is 0. The molecule has 3 aromatic rings. The van der Waals surface area contributed by atoms with Crippen LogP contribution in [0.2, 0.25) is 0 Å². The van der Waals surface area contributed by atoms with E-state index in [2.05, 4.69) is 10.2 Å². The van der Waals surface area contributed by atoms with E-state index in [4.69, 9.17) is 9.15 Å². The fourth-order valence-electron chi connectivity index (χ4n) is 1.86. The van der Waals surface area contributed by atoms with Crippen molar-refractivity contribution in [1.29, 1.82) is 0 Å². The van der Waals surface area contributed by atoms with E-state index < -0.39 is 0 Å². The maximum Gasteiger partial charge on any atom is 0.257 e. The van der Waals surface area contributed by atoms with Gasteiger partial charge in [-0.25, -0.2) is 0 Å². The van der Waals surface area contributed by atoms with Gasteiger partial charge >= 0.3 is 0 Å². The van der Waals surface area contributed by atoms with Crippen molar-refractivity contribution in [2.75, 3.05) is 7.11 Å². The van der Waals surface area contributed by atoms with Gasteiger partial charge in [0, 0.05) is 0 Å². The molecule has 0 radical (unpaired) electrons. The summed E-state index contributed by atoms with van der Waals surface area (Å²) in [5, 5.41) is 10.3. The molecule has 0 aliphatic carbocycles. The molecule has 0 spiro atoms. The Morgan fingerprint density at radius 1 is 1.19 bits per heavy atom. The van der Waals surface area contributed by atoms with Gasteiger partial charge in [0.25, 0.3) is 5.89 Å². The summed E-state index contributed by atoms with van der Waals surface area (Å²) in [6.07, 6.45) is 0. The van der Waals surface area contributed by atoms with Crippen molar-refractivity contribution in [3.05, 3.63) is 47.7 Å². The molecule has 0 aliphatic heterocycles. The lowest BCUT2D eigenvalue weighted by Gasteiger charge is -2.10. The van der Waals surface area contributed by atoms with E-state index in [1.807, 2.05) is 48.7 Å². The Balaban J connectivity index is 1.78. The van der Waals surface area contributed by atoms with Crippen molar-refractivity contribution in [3.8, 4) is 16.5 Å². The summed E-state index contributed by atoms with van der Waals surface area (Å²) in [6.45, 7) is 2.04. The van der Waals surface area contributed by atoms with E-state index in [0.29, 0.717) is 11.8 Å². The van der Waals surface area contributed by atoms with Crippen LogP contribution < -0.4 is 4.74 Å². The summed E-state index contributed by atoms with van der Waals surface area (Å²) in [7, 11) is 1.67. The standard InChI is InChI=1S/C15H14N2O2S2/c1-10(21-12-7-4-3-6-11(12)18-2)14-16-17-15(19-14)13-8-5-9-20-13/h3-10H,1-2H3. The highest BCUT2D eigenvalue weighted by molar-refractivity contribution is 7.99. The van der Waals surface area contributed by atoms with Gasteiger partial charge in [0.2, 0.25) is 5.89 Å². The molecule has 4 nitrogen and oxygen atoms in total. The number of aromatic nitrogens is 2. The summed E-state index contributed by atoms with van der Waals surface area (Å²) in [4.78, 5) is 2.05. The van der Waals surface area contributed by atoms with Crippen LogP contribution in [0.25, 0.3) is 10.8 Å². The number of methoxy groups -OCH3 is 1. The van der Waals surface area contributed by atoms with Crippen LogP contribution in [0.15, 0.2) is 51.1 Å². The van der Waals surface area contributed by atoms with E-state index in [9.17, 15) is 0 Å². The molecule has 0 saturated heterocycles. The van der Waals surface area contributed by atoms with Gasteiger partial charge in [0.05, 0.1) is 22.1 Å². The second kappa shape index (κ2) is 6.32. The number of para-hydroxylation sites is 1. The molecular formula is C15H14N2O2S2. The molecule has 2 heterocycles. The third kappa shape index (κ3) is 3.11. The molecule has 0 aliphatic rings. The fraction of sp³-hybridized carbons (Fsp3) is 0.200. The van der Waals surface area contributed by atoms with Crippen LogP contribution in [0.3, 0.4) is 0 Å². The maximum absolute atomic E-state index is 5.76. The highest BCUT2D eigenvalue weighted by atomic mass is 32.2. The molecule has 1 aromatic carbocycles. The quantitative estimate of drug-likeness (QED) is 0.640. The third-order valence-electron chi connectivity index (χ3n) is 2.89. The lowest BCUT2D eigenvalue weighted by atomic mass is 10.3. The first-order chi connectivity index (χ1) is 10.3. The van der Waals surface area contributed by atoms with Crippen LogP contribution in [0.5, 0.6) is 5.75 Å². The number of nitrogens with zero attached hydrogens (tertiary/aromatic N) is 2. The molecular weight excluding hydrogens is 304 g/mol. The molecule has 0 saturated carbocycles. The SMILES string of the molecule is COc1ccccc1SC(C)c1nnc(-c2cccs2)o1. The second-order valence-electron chi connectivity index (χ2n) is 4.33. The molecule has 1 unspecified atom stereocenters. The Morgan fingerprint density at radius 2 is 2.05 bits per heavy atom. The zero-order chi connectivity index (χ0) is 14.7. The van der Waals surface area contributed by atoms with Crippen LogP contribution >= 0.6 is 23.1 Å². The van der Waals surface area contributed by atoms with Crippen molar-refractivity contribution in [2.24, 2.45) is 0 Å². The first kappa shape index (κ1) is 14.2. The summed E-state index contributed by atoms with van der Waals surface area (Å²) >= 11 is 3.23. The smallest absolute Gasteiger partial charge is 0.257 e. The third-order valence-corrected chi connectivity index (χ3v) is 4.90. The minimum Gasteiger partial charge on any atom is -0.496 e. The minimum absolute atomic E-state index is 0.0579. The molecule has 0 amide bonds. The molecule has 0 fully saturated rings. The van der Waals surface area contributed by atoms with Crippen LogP contribution in [0.1, 0.15) is 18.1 Å². The lowest BCUT2D eigenvalue weighted by Crippen LogP contribution is -1.91. The Morgan fingerprint density at radius 3 is 2.81 bits per heavy atom. The summed E-state index contributed by atoms with van der Waals surface area (Å²) < 4.78 is 11.1. The Kier molecular flexibility index (Phi) is 4.26. The first-order valence-electron chi connectivity index (χ1n) is 6.45. The fourth-order valence-corrected chi connectivity index (χ4v) is 3.50. The van der Waals surface area contributed by atoms with E-state index in [-0.39, 0.29) is 5.25 Å². The predicted octanol–water partition coefficient (Wildman–Crippen LogP) is 4.66. The van der Waals surface area contributed by atoms with Gasteiger partial charge < -0.3 is 9.15 Å². The monoisotopic (exact) mass is 318 g/mol. The predicted molar refractivity (Wildman–Crippen MR) is 84.9 cm³/mol.